The second kappa shape index (κ2) is 6.67. The lowest BCUT2D eigenvalue weighted by molar-refractivity contribution is 0.0778. The van der Waals surface area contributed by atoms with E-state index in [9.17, 15) is 0 Å². The third-order valence-corrected chi connectivity index (χ3v) is 5.58. The van der Waals surface area contributed by atoms with Crippen molar-refractivity contribution < 1.29 is 9.26 Å². The van der Waals surface area contributed by atoms with Crippen LogP contribution in [0.1, 0.15) is 60.1 Å². The minimum atomic E-state index is 0.318. The second-order valence-electron chi connectivity index (χ2n) is 6.46. The minimum Gasteiger partial charge on any atom is -0.381 e. The Balaban J connectivity index is 1.38. The van der Waals surface area contributed by atoms with E-state index in [1.165, 1.54) is 17.8 Å². The first-order valence-corrected chi connectivity index (χ1v) is 9.23. The Hall–Kier alpha value is -1.31. The van der Waals surface area contributed by atoms with Gasteiger partial charge < -0.3 is 14.6 Å². The summed E-state index contributed by atoms with van der Waals surface area (Å²) in [4.78, 5) is 9.21. The van der Waals surface area contributed by atoms with Gasteiger partial charge in [0.05, 0.1) is 12.6 Å². The molecule has 1 atom stereocenters. The van der Waals surface area contributed by atoms with E-state index in [-0.39, 0.29) is 0 Å². The van der Waals surface area contributed by atoms with E-state index in [4.69, 9.17) is 9.26 Å². The fourth-order valence-electron chi connectivity index (χ4n) is 3.05. The quantitative estimate of drug-likeness (QED) is 0.875. The van der Waals surface area contributed by atoms with Gasteiger partial charge in [-0.15, -0.1) is 11.3 Å². The van der Waals surface area contributed by atoms with Crippen LogP contribution in [0, 0.1) is 12.8 Å². The Kier molecular flexibility index (Phi) is 4.41. The number of nitrogens with one attached hydrogen (secondary N) is 1. The van der Waals surface area contributed by atoms with E-state index in [1.54, 1.807) is 11.3 Å². The number of thiazole rings is 1. The van der Waals surface area contributed by atoms with Gasteiger partial charge in [0, 0.05) is 30.2 Å². The summed E-state index contributed by atoms with van der Waals surface area (Å²) in [7, 11) is 0. The molecule has 1 unspecified atom stereocenters. The molecule has 6 nitrogen and oxygen atoms in total. The van der Waals surface area contributed by atoms with E-state index in [0.29, 0.717) is 24.4 Å². The highest BCUT2D eigenvalue weighted by atomic mass is 32.1. The highest BCUT2D eigenvalue weighted by molar-refractivity contribution is 7.09. The summed E-state index contributed by atoms with van der Waals surface area (Å²) in [5, 5.41) is 11.0. The molecule has 0 spiro atoms. The van der Waals surface area contributed by atoms with E-state index in [2.05, 4.69) is 25.8 Å². The summed E-state index contributed by atoms with van der Waals surface area (Å²) in [6, 6.07) is 0.318. The summed E-state index contributed by atoms with van der Waals surface area (Å²) in [6.07, 6.45) is 4.49. The molecule has 1 saturated carbocycles. The standard InChI is InChI=1S/C16H22N4O2S/c1-10-9-23-16(18-10)14(11-2-3-11)17-8-13-19-15(22-20-13)12-4-6-21-7-5-12/h9,11-12,14,17H,2-8H2,1H3. The second-order valence-corrected chi connectivity index (χ2v) is 7.35. The molecular formula is C16H22N4O2S. The zero-order chi connectivity index (χ0) is 15.6. The Morgan fingerprint density at radius 3 is 2.78 bits per heavy atom. The predicted molar refractivity (Wildman–Crippen MR) is 86.2 cm³/mol. The summed E-state index contributed by atoms with van der Waals surface area (Å²) >= 11 is 1.74. The highest BCUT2D eigenvalue weighted by Gasteiger charge is 2.34. The average Bonchev–Trinajstić information content (AvgIpc) is 3.14. The van der Waals surface area contributed by atoms with Crippen molar-refractivity contribution in [2.75, 3.05) is 13.2 Å². The van der Waals surface area contributed by atoms with Gasteiger partial charge in [0.25, 0.3) is 0 Å². The van der Waals surface area contributed by atoms with Gasteiger partial charge in [0.1, 0.15) is 5.01 Å². The molecule has 0 aromatic carbocycles. The van der Waals surface area contributed by atoms with Crippen molar-refractivity contribution >= 4 is 11.3 Å². The van der Waals surface area contributed by atoms with Crippen LogP contribution in [-0.2, 0) is 11.3 Å². The van der Waals surface area contributed by atoms with Crippen LogP contribution in [0.25, 0.3) is 0 Å². The number of rotatable bonds is 6. The Morgan fingerprint density at radius 2 is 2.09 bits per heavy atom. The van der Waals surface area contributed by atoms with Gasteiger partial charge in [0.2, 0.25) is 5.89 Å². The van der Waals surface area contributed by atoms with Crippen molar-refractivity contribution in [2.45, 2.75) is 51.1 Å². The number of aromatic nitrogens is 3. The number of nitrogens with zero attached hydrogens (tertiary/aromatic N) is 3. The summed E-state index contributed by atoms with van der Waals surface area (Å²) in [6.45, 7) is 4.25. The molecule has 0 bridgehead atoms. The molecule has 2 aromatic rings. The van der Waals surface area contributed by atoms with Crippen LogP contribution in [0.5, 0.6) is 0 Å². The molecule has 1 aliphatic carbocycles. The van der Waals surface area contributed by atoms with Crippen LogP contribution in [0.4, 0.5) is 0 Å². The topological polar surface area (TPSA) is 73.1 Å². The van der Waals surface area contributed by atoms with Gasteiger partial charge in [-0.25, -0.2) is 4.98 Å². The fraction of sp³-hybridized carbons (Fsp3) is 0.688. The van der Waals surface area contributed by atoms with Crippen molar-refractivity contribution in [3.05, 3.63) is 27.8 Å². The molecule has 0 amide bonds. The van der Waals surface area contributed by atoms with Crippen LogP contribution in [0.2, 0.25) is 0 Å². The molecule has 4 rings (SSSR count). The predicted octanol–water partition coefficient (Wildman–Crippen LogP) is 2.97. The molecule has 1 aliphatic heterocycles. The molecule has 2 aromatic heterocycles. The first-order valence-electron chi connectivity index (χ1n) is 8.35. The number of ether oxygens (including phenoxy) is 1. The van der Waals surface area contributed by atoms with E-state index in [0.717, 1.165) is 43.5 Å². The average molecular weight is 334 g/mol. The normalized spacial score (nSPS) is 20.7. The molecule has 124 valence electrons. The molecule has 23 heavy (non-hydrogen) atoms. The minimum absolute atomic E-state index is 0.318. The largest absolute Gasteiger partial charge is 0.381 e. The molecular weight excluding hydrogens is 312 g/mol. The summed E-state index contributed by atoms with van der Waals surface area (Å²) < 4.78 is 10.8. The van der Waals surface area contributed by atoms with Crippen LogP contribution in [0.3, 0.4) is 0 Å². The number of hydrogen-bond donors (Lipinski definition) is 1. The zero-order valence-electron chi connectivity index (χ0n) is 13.3. The Labute approximate surface area is 139 Å². The third-order valence-electron chi connectivity index (χ3n) is 4.53. The number of hydrogen-bond acceptors (Lipinski definition) is 7. The molecule has 2 fully saturated rings. The van der Waals surface area contributed by atoms with Crippen molar-refractivity contribution in [2.24, 2.45) is 5.92 Å². The monoisotopic (exact) mass is 334 g/mol. The van der Waals surface area contributed by atoms with Gasteiger partial charge in [-0.1, -0.05) is 5.16 Å². The maximum atomic E-state index is 5.45. The van der Waals surface area contributed by atoms with Crippen molar-refractivity contribution in [1.29, 1.82) is 0 Å². The molecule has 1 N–H and O–H groups in total. The van der Waals surface area contributed by atoms with E-state index < -0.39 is 0 Å². The lowest BCUT2D eigenvalue weighted by Gasteiger charge is -2.18. The summed E-state index contributed by atoms with van der Waals surface area (Å²) in [5.41, 5.74) is 1.10. The Bertz CT molecular complexity index is 646. The molecule has 0 radical (unpaired) electrons. The molecule has 7 heteroatoms. The van der Waals surface area contributed by atoms with Crippen LogP contribution in [-0.4, -0.2) is 28.3 Å². The van der Waals surface area contributed by atoms with Gasteiger partial charge in [0.15, 0.2) is 5.82 Å². The SMILES string of the molecule is Cc1csc(C(NCc2noc(C3CCOCC3)n2)C2CC2)n1. The third kappa shape index (κ3) is 3.62. The zero-order valence-corrected chi connectivity index (χ0v) is 14.1. The lowest BCUT2D eigenvalue weighted by Crippen LogP contribution is -2.23. The summed E-state index contributed by atoms with van der Waals surface area (Å²) in [5.74, 6) is 2.55. The van der Waals surface area contributed by atoms with E-state index in [1.807, 2.05) is 6.92 Å². The fourth-order valence-corrected chi connectivity index (χ4v) is 4.01. The van der Waals surface area contributed by atoms with Crippen LogP contribution >= 0.6 is 11.3 Å². The maximum Gasteiger partial charge on any atom is 0.229 e. The molecule has 3 heterocycles. The lowest BCUT2D eigenvalue weighted by atomic mass is 10.0. The first kappa shape index (κ1) is 15.2. The molecule has 2 aliphatic rings. The first-order chi connectivity index (χ1) is 11.3. The molecule has 1 saturated heterocycles. The van der Waals surface area contributed by atoms with E-state index >= 15 is 0 Å². The van der Waals surface area contributed by atoms with Gasteiger partial charge in [-0.05, 0) is 38.5 Å². The van der Waals surface area contributed by atoms with Crippen molar-refractivity contribution in [3.8, 4) is 0 Å². The van der Waals surface area contributed by atoms with Gasteiger partial charge in [-0.2, -0.15) is 4.98 Å². The highest BCUT2D eigenvalue weighted by Crippen LogP contribution is 2.42. The smallest absolute Gasteiger partial charge is 0.229 e. The van der Waals surface area contributed by atoms with Gasteiger partial charge >= 0.3 is 0 Å². The van der Waals surface area contributed by atoms with Crippen molar-refractivity contribution in [1.82, 2.24) is 20.4 Å². The van der Waals surface area contributed by atoms with Gasteiger partial charge in [-0.3, -0.25) is 0 Å². The van der Waals surface area contributed by atoms with Crippen LogP contribution < -0.4 is 5.32 Å². The van der Waals surface area contributed by atoms with Crippen molar-refractivity contribution in [3.63, 3.8) is 0 Å². The number of aryl methyl sites for hydroxylation is 1. The maximum absolute atomic E-state index is 5.45. The van der Waals surface area contributed by atoms with Crippen LogP contribution in [0.15, 0.2) is 9.90 Å². The Morgan fingerprint density at radius 1 is 1.26 bits per heavy atom.